The summed E-state index contributed by atoms with van der Waals surface area (Å²) in [6, 6.07) is 3.52. The topological polar surface area (TPSA) is 39.4 Å². The van der Waals surface area contributed by atoms with Gasteiger partial charge in [0.2, 0.25) is 5.76 Å². The molecule has 0 bridgehead atoms. The molecule has 0 spiro atoms. The van der Waals surface area contributed by atoms with Gasteiger partial charge in [-0.3, -0.25) is 0 Å². The van der Waals surface area contributed by atoms with Crippen molar-refractivity contribution in [3.8, 4) is 0 Å². The van der Waals surface area contributed by atoms with Gasteiger partial charge in [0.1, 0.15) is 5.76 Å². The second-order valence-electron chi connectivity index (χ2n) is 3.91. The van der Waals surface area contributed by atoms with Crippen LogP contribution in [-0.4, -0.2) is 18.8 Å². The Labute approximate surface area is 107 Å². The van der Waals surface area contributed by atoms with E-state index in [9.17, 15) is 4.79 Å². The first-order valence-electron chi connectivity index (χ1n) is 5.98. The van der Waals surface area contributed by atoms with E-state index in [4.69, 9.17) is 4.42 Å². The normalized spacial score (nSPS) is 12.4. The summed E-state index contributed by atoms with van der Waals surface area (Å²) in [7, 11) is 1.35. The predicted molar refractivity (Wildman–Crippen MR) is 70.4 cm³/mol. The lowest BCUT2D eigenvalue weighted by Gasteiger charge is -2.07. The third-order valence-corrected chi connectivity index (χ3v) is 3.79. The van der Waals surface area contributed by atoms with Crippen molar-refractivity contribution in [3.05, 3.63) is 23.7 Å². The first-order valence-corrected chi connectivity index (χ1v) is 7.03. The summed E-state index contributed by atoms with van der Waals surface area (Å²) in [6.45, 7) is 4.29. The van der Waals surface area contributed by atoms with E-state index in [1.54, 1.807) is 6.07 Å². The number of carbonyl (C=O) groups excluding carboxylic acids is 1. The number of furan rings is 1. The Morgan fingerprint density at radius 2 is 2.24 bits per heavy atom. The van der Waals surface area contributed by atoms with Gasteiger partial charge in [0.15, 0.2) is 0 Å². The molecule has 1 rings (SSSR count). The van der Waals surface area contributed by atoms with Crippen LogP contribution in [0.3, 0.4) is 0 Å². The standard InChI is InChI=1S/C13H20O3S/c1-4-5-6-9-17-10(2)11-7-8-12(16-11)13(14)15-3/h7-8,10H,4-6,9H2,1-3H3. The number of thioether (sulfide) groups is 1. The molecule has 17 heavy (non-hydrogen) atoms. The maximum absolute atomic E-state index is 11.2. The van der Waals surface area contributed by atoms with Gasteiger partial charge in [-0.15, -0.1) is 0 Å². The average Bonchev–Trinajstić information content (AvgIpc) is 2.83. The van der Waals surface area contributed by atoms with E-state index in [-0.39, 0.29) is 11.0 Å². The molecule has 96 valence electrons. The summed E-state index contributed by atoms with van der Waals surface area (Å²) in [5.74, 6) is 1.83. The van der Waals surface area contributed by atoms with E-state index in [2.05, 4.69) is 18.6 Å². The number of hydrogen-bond acceptors (Lipinski definition) is 4. The first-order chi connectivity index (χ1) is 8.19. The molecule has 0 fully saturated rings. The minimum atomic E-state index is -0.417. The molecule has 3 nitrogen and oxygen atoms in total. The SMILES string of the molecule is CCCCCSC(C)c1ccc(C(=O)OC)o1. The Morgan fingerprint density at radius 3 is 2.88 bits per heavy atom. The smallest absolute Gasteiger partial charge is 0.373 e. The lowest BCUT2D eigenvalue weighted by atomic mass is 10.3. The molecule has 1 aromatic heterocycles. The van der Waals surface area contributed by atoms with Gasteiger partial charge in [0.05, 0.1) is 12.4 Å². The fourth-order valence-electron chi connectivity index (χ4n) is 1.48. The van der Waals surface area contributed by atoms with Crippen LogP contribution in [0.2, 0.25) is 0 Å². The van der Waals surface area contributed by atoms with Crippen LogP contribution < -0.4 is 0 Å². The summed E-state index contributed by atoms with van der Waals surface area (Å²) in [6.07, 6.45) is 3.74. The molecule has 0 saturated heterocycles. The van der Waals surface area contributed by atoms with Crippen LogP contribution in [0.1, 0.15) is 54.7 Å². The van der Waals surface area contributed by atoms with Crippen molar-refractivity contribution < 1.29 is 13.9 Å². The number of esters is 1. The van der Waals surface area contributed by atoms with Gasteiger partial charge < -0.3 is 9.15 Å². The Balaban J connectivity index is 2.43. The lowest BCUT2D eigenvalue weighted by molar-refractivity contribution is 0.0563. The molecule has 0 aliphatic heterocycles. The number of methoxy groups -OCH3 is 1. The van der Waals surface area contributed by atoms with Crippen LogP contribution >= 0.6 is 11.8 Å². The van der Waals surface area contributed by atoms with Crippen LogP contribution in [0.15, 0.2) is 16.5 Å². The molecule has 1 atom stereocenters. The molecule has 1 aromatic rings. The van der Waals surface area contributed by atoms with Gasteiger partial charge in [-0.1, -0.05) is 19.8 Å². The van der Waals surface area contributed by atoms with Crippen molar-refractivity contribution >= 4 is 17.7 Å². The second kappa shape index (κ2) is 7.43. The summed E-state index contributed by atoms with van der Waals surface area (Å²) < 4.78 is 10.1. The third kappa shape index (κ3) is 4.46. The Bertz CT molecular complexity index is 346. The van der Waals surface area contributed by atoms with E-state index >= 15 is 0 Å². The molecule has 1 unspecified atom stereocenters. The second-order valence-corrected chi connectivity index (χ2v) is 5.36. The van der Waals surface area contributed by atoms with Crippen LogP contribution in [0.5, 0.6) is 0 Å². The number of rotatable bonds is 7. The number of unbranched alkanes of at least 4 members (excludes halogenated alkanes) is 2. The summed E-state index contributed by atoms with van der Waals surface area (Å²) in [5, 5.41) is 0.283. The highest BCUT2D eigenvalue weighted by Crippen LogP contribution is 2.30. The molecule has 0 N–H and O–H groups in total. The molecule has 0 aliphatic carbocycles. The Kier molecular flexibility index (Phi) is 6.19. The van der Waals surface area contributed by atoms with Gasteiger partial charge in [-0.05, 0) is 31.2 Å². The quantitative estimate of drug-likeness (QED) is 0.545. The molecular weight excluding hydrogens is 236 g/mol. The molecule has 0 aliphatic rings. The first kappa shape index (κ1) is 14.2. The van der Waals surface area contributed by atoms with Crippen LogP contribution in [0, 0.1) is 0 Å². The number of ether oxygens (including phenoxy) is 1. The Hall–Kier alpha value is -0.900. The third-order valence-electron chi connectivity index (χ3n) is 2.53. The highest BCUT2D eigenvalue weighted by atomic mass is 32.2. The zero-order valence-electron chi connectivity index (χ0n) is 10.7. The maximum atomic E-state index is 11.2. The van der Waals surface area contributed by atoms with E-state index in [0.29, 0.717) is 0 Å². The average molecular weight is 256 g/mol. The summed E-state index contributed by atoms with van der Waals surface area (Å²) in [4.78, 5) is 11.2. The lowest BCUT2D eigenvalue weighted by Crippen LogP contribution is -1.98. The fourth-order valence-corrected chi connectivity index (χ4v) is 2.49. The van der Waals surface area contributed by atoms with Gasteiger partial charge in [-0.2, -0.15) is 11.8 Å². The Morgan fingerprint density at radius 1 is 1.47 bits per heavy atom. The van der Waals surface area contributed by atoms with Crippen molar-refractivity contribution in [2.75, 3.05) is 12.9 Å². The zero-order chi connectivity index (χ0) is 12.7. The van der Waals surface area contributed by atoms with Gasteiger partial charge in [0.25, 0.3) is 0 Å². The number of hydrogen-bond donors (Lipinski definition) is 0. The minimum Gasteiger partial charge on any atom is -0.463 e. The van der Waals surface area contributed by atoms with Crippen molar-refractivity contribution in [1.29, 1.82) is 0 Å². The minimum absolute atomic E-state index is 0.281. The highest BCUT2D eigenvalue weighted by molar-refractivity contribution is 7.99. The molecule has 0 radical (unpaired) electrons. The van der Waals surface area contributed by atoms with Crippen molar-refractivity contribution in [2.24, 2.45) is 0 Å². The monoisotopic (exact) mass is 256 g/mol. The molecule has 4 heteroatoms. The molecular formula is C13H20O3S. The van der Waals surface area contributed by atoms with Gasteiger partial charge in [-0.25, -0.2) is 4.79 Å². The summed E-state index contributed by atoms with van der Waals surface area (Å²) >= 11 is 1.86. The molecule has 0 saturated carbocycles. The maximum Gasteiger partial charge on any atom is 0.373 e. The van der Waals surface area contributed by atoms with Crippen molar-refractivity contribution in [1.82, 2.24) is 0 Å². The summed E-state index contributed by atoms with van der Waals surface area (Å²) in [5.41, 5.74) is 0. The molecule has 1 heterocycles. The zero-order valence-corrected chi connectivity index (χ0v) is 11.5. The van der Waals surface area contributed by atoms with Crippen molar-refractivity contribution in [3.63, 3.8) is 0 Å². The highest BCUT2D eigenvalue weighted by Gasteiger charge is 2.15. The van der Waals surface area contributed by atoms with Gasteiger partial charge >= 0.3 is 5.97 Å². The van der Waals surface area contributed by atoms with E-state index in [1.165, 1.54) is 26.4 Å². The van der Waals surface area contributed by atoms with Gasteiger partial charge in [0, 0.05) is 0 Å². The van der Waals surface area contributed by atoms with E-state index < -0.39 is 5.97 Å². The molecule has 0 amide bonds. The van der Waals surface area contributed by atoms with Crippen LogP contribution in [0.4, 0.5) is 0 Å². The van der Waals surface area contributed by atoms with Crippen LogP contribution in [-0.2, 0) is 4.74 Å². The van der Waals surface area contributed by atoms with Crippen LogP contribution in [0.25, 0.3) is 0 Å². The fraction of sp³-hybridized carbons (Fsp3) is 0.615. The molecule has 0 aromatic carbocycles. The largest absolute Gasteiger partial charge is 0.463 e. The predicted octanol–water partition coefficient (Wildman–Crippen LogP) is 4.05. The van der Waals surface area contributed by atoms with Crippen molar-refractivity contribution in [2.45, 2.75) is 38.4 Å². The number of carbonyl (C=O) groups is 1. The van der Waals surface area contributed by atoms with E-state index in [0.717, 1.165) is 11.5 Å². The van der Waals surface area contributed by atoms with E-state index in [1.807, 2.05) is 17.8 Å².